The predicted molar refractivity (Wildman–Crippen MR) is 320 cm³/mol. The number of ether oxygens (including phenoxy) is 1. The first-order valence-electron chi connectivity index (χ1n) is 27.8. The molecule has 3 aliphatic rings. The largest absolute Gasteiger partial charge is 0.444 e. The Balaban J connectivity index is 0.000000184. The third-order valence-electron chi connectivity index (χ3n) is 13.0. The van der Waals surface area contributed by atoms with Crippen LogP contribution in [-0.2, 0) is 14.3 Å². The summed E-state index contributed by atoms with van der Waals surface area (Å²) in [7, 11) is 0. The van der Waals surface area contributed by atoms with Gasteiger partial charge in [-0.05, 0) is 83.1 Å². The Morgan fingerprint density at radius 1 is 0.519 bits per heavy atom. The van der Waals surface area contributed by atoms with Gasteiger partial charge in [-0.25, -0.2) is 19.7 Å². The quantitative estimate of drug-likeness (QED) is 0.109. The van der Waals surface area contributed by atoms with Gasteiger partial charge in [-0.15, -0.1) is 26.9 Å². The molecule has 3 saturated heterocycles. The zero-order valence-corrected chi connectivity index (χ0v) is 50.0. The third-order valence-corrected chi connectivity index (χ3v) is 13.2. The zero-order valence-electron chi connectivity index (χ0n) is 49.2. The minimum Gasteiger partial charge on any atom is -0.444 e. The van der Waals surface area contributed by atoms with E-state index in [0.29, 0.717) is 38.1 Å². The van der Waals surface area contributed by atoms with Crippen molar-refractivity contribution in [3.05, 3.63) is 108 Å². The van der Waals surface area contributed by atoms with E-state index in [1.807, 2.05) is 72.4 Å². The summed E-state index contributed by atoms with van der Waals surface area (Å²) >= 11 is 5.46. The molecule has 81 heavy (non-hydrogen) atoms. The van der Waals surface area contributed by atoms with Gasteiger partial charge in [0.1, 0.15) is 11.0 Å². The normalized spacial score (nSPS) is 15.4. The Hall–Kier alpha value is -7.49. The molecular formula is C59H82ClN17O4. The lowest BCUT2D eigenvalue weighted by Crippen LogP contribution is -2.54. The lowest BCUT2D eigenvalue weighted by molar-refractivity contribution is -0.126. The van der Waals surface area contributed by atoms with E-state index in [9.17, 15) is 14.4 Å². The van der Waals surface area contributed by atoms with E-state index >= 15 is 0 Å². The Morgan fingerprint density at radius 3 is 1.20 bits per heavy atom. The second-order valence-corrected chi connectivity index (χ2v) is 22.5. The first-order valence-corrected chi connectivity index (χ1v) is 28.3. The highest BCUT2D eigenvalue weighted by molar-refractivity contribution is 6.30. The predicted octanol–water partition coefficient (Wildman–Crippen LogP) is 7.18. The van der Waals surface area contributed by atoms with Crippen molar-refractivity contribution >= 4 is 47.4 Å². The number of aromatic nitrogens is 9. The van der Waals surface area contributed by atoms with E-state index in [4.69, 9.17) is 21.3 Å². The first kappa shape index (κ1) is 62.7. The smallest absolute Gasteiger partial charge is 0.410 e. The van der Waals surface area contributed by atoms with Gasteiger partial charge >= 0.3 is 6.09 Å². The molecule has 2 atom stereocenters. The monoisotopic (exact) mass is 1130 g/mol. The summed E-state index contributed by atoms with van der Waals surface area (Å²) < 4.78 is 5.43. The summed E-state index contributed by atoms with van der Waals surface area (Å²) in [5.74, 6) is 1.93. The topological polar surface area (TPSA) is 229 Å². The van der Waals surface area contributed by atoms with Crippen LogP contribution in [0.5, 0.6) is 0 Å². The number of benzene rings is 3. The van der Waals surface area contributed by atoms with Crippen molar-refractivity contribution in [1.29, 1.82) is 0 Å². The molecule has 9 rings (SSSR count). The van der Waals surface area contributed by atoms with E-state index in [1.165, 1.54) is 16.7 Å². The molecule has 0 saturated carbocycles. The number of nitrogens with one attached hydrogen (secondary N) is 3. The van der Waals surface area contributed by atoms with Crippen molar-refractivity contribution in [2.75, 3.05) is 93.2 Å². The highest BCUT2D eigenvalue weighted by Crippen LogP contribution is 2.23. The number of hydrogen-bond acceptors (Lipinski definition) is 18. The van der Waals surface area contributed by atoms with Crippen LogP contribution in [0.4, 0.5) is 22.6 Å². The van der Waals surface area contributed by atoms with Gasteiger partial charge < -0.3 is 40.3 Å². The van der Waals surface area contributed by atoms with Gasteiger partial charge in [0.05, 0.1) is 41.7 Å². The molecule has 0 radical (unpaired) electrons. The fourth-order valence-electron chi connectivity index (χ4n) is 8.43. The number of amides is 3. The number of carbonyl (C=O) groups is 3. The highest BCUT2D eigenvalue weighted by atomic mass is 35.5. The Kier molecular flexibility index (Phi) is 23.5. The number of rotatable bonds is 11. The number of carbonyl (C=O) groups excluding carboxylic acids is 3. The molecule has 0 spiro atoms. The van der Waals surface area contributed by atoms with Crippen molar-refractivity contribution in [3.63, 3.8) is 0 Å². The average molecular weight is 1130 g/mol. The molecule has 3 N–H and O–H groups in total. The Morgan fingerprint density at radius 2 is 0.864 bits per heavy atom. The van der Waals surface area contributed by atoms with Crippen LogP contribution in [0.3, 0.4) is 0 Å². The maximum Gasteiger partial charge on any atom is 0.410 e. The molecule has 6 heterocycles. The molecule has 0 aliphatic carbocycles. The second-order valence-electron chi connectivity index (χ2n) is 21.9. The maximum atomic E-state index is 12.2. The van der Waals surface area contributed by atoms with E-state index in [0.717, 1.165) is 92.1 Å². The van der Waals surface area contributed by atoms with Crippen LogP contribution >= 0.6 is 11.6 Å². The van der Waals surface area contributed by atoms with E-state index in [-0.39, 0.29) is 36.0 Å². The molecule has 22 heteroatoms. The van der Waals surface area contributed by atoms with Gasteiger partial charge in [0.2, 0.25) is 29.7 Å². The minimum absolute atomic E-state index is 0.0812. The molecule has 0 bridgehead atoms. The molecule has 6 aromatic rings. The summed E-state index contributed by atoms with van der Waals surface area (Å²) in [6, 6.07) is 24.9. The van der Waals surface area contributed by atoms with Crippen molar-refractivity contribution < 1.29 is 19.1 Å². The minimum atomic E-state index is -0.483. The summed E-state index contributed by atoms with van der Waals surface area (Å²) in [6.45, 7) is 32.6. The van der Waals surface area contributed by atoms with Crippen LogP contribution in [-0.4, -0.2) is 181 Å². The van der Waals surface area contributed by atoms with Crippen molar-refractivity contribution in [3.8, 4) is 33.8 Å². The number of hydrogen-bond donors (Lipinski definition) is 3. The third kappa shape index (κ3) is 20.2. The molecule has 3 amide bonds. The first-order chi connectivity index (χ1) is 38.6. The number of nitrogens with zero attached hydrogens (tertiary/aromatic N) is 14. The van der Waals surface area contributed by atoms with Crippen LogP contribution in [0.25, 0.3) is 33.8 Å². The summed E-state index contributed by atoms with van der Waals surface area (Å²) in [6.07, 6.45) is 4.81. The molecule has 0 unspecified atom stereocenters. The van der Waals surface area contributed by atoms with Gasteiger partial charge in [-0.2, -0.15) is 15.3 Å². The van der Waals surface area contributed by atoms with E-state index in [2.05, 4.69) is 153 Å². The van der Waals surface area contributed by atoms with Crippen molar-refractivity contribution in [1.82, 2.24) is 71.3 Å². The van der Waals surface area contributed by atoms with Gasteiger partial charge in [0, 0.05) is 107 Å². The second kappa shape index (κ2) is 30.4. The number of halogens is 1. The van der Waals surface area contributed by atoms with Crippen LogP contribution in [0.2, 0.25) is 0 Å². The molecule has 21 nitrogen and oxygen atoms in total. The van der Waals surface area contributed by atoms with Gasteiger partial charge in [0.15, 0.2) is 0 Å². The summed E-state index contributed by atoms with van der Waals surface area (Å²) in [4.78, 5) is 59.3. The number of anilines is 3. The van der Waals surface area contributed by atoms with Gasteiger partial charge in [-0.1, -0.05) is 89.5 Å². The van der Waals surface area contributed by atoms with E-state index < -0.39 is 11.0 Å². The lowest BCUT2D eigenvalue weighted by Gasteiger charge is -2.37. The molecular weight excluding hydrogens is 1050 g/mol. The van der Waals surface area contributed by atoms with Gasteiger partial charge in [0.25, 0.3) is 0 Å². The SMILES string of the molecule is CC(C)NC(=O)[C@H](C)Cl.Cc1ccc(-c2cnnc(N3CCN(C(=O)OC(C)(C)C)CC3)n2)cc1.Cc1ccc(-c2cnnc(N3CCN([C@@H](C)C(=O)NC(C)C)CC3)n2)cc1.Cc1ccc(-c2cnnc(N3CCNCC3)n2)cc1. The molecule has 3 aromatic carbocycles. The van der Waals surface area contributed by atoms with Gasteiger partial charge in [-0.3, -0.25) is 14.5 Å². The fourth-order valence-corrected chi connectivity index (χ4v) is 8.50. The van der Waals surface area contributed by atoms with Crippen molar-refractivity contribution in [2.45, 2.75) is 112 Å². The van der Waals surface area contributed by atoms with Crippen molar-refractivity contribution in [2.24, 2.45) is 0 Å². The number of aryl methyl sites for hydroxylation is 3. The molecule has 3 aromatic heterocycles. The summed E-state index contributed by atoms with van der Waals surface area (Å²) in [5.41, 5.74) is 8.81. The standard InChI is InChI=1S/C20H28N6O.C19H25N5O2.C14H17N5.C6H12ClNO/c1-14(2)22-19(27)16(4)25-9-11-26(12-10-25)20-23-18(13-21-24-20)17-7-5-15(3)6-8-17;1-14-5-7-15(8-6-14)16-13-20-22-17(21-16)23-9-11-24(12-10-23)18(25)26-19(2,3)4;1-11-2-4-12(5-3-11)13-10-16-18-14(17-13)19-8-6-15-7-9-19;1-4(2)8-6(9)5(3)7/h5-8,13-14,16H,9-12H2,1-4H3,(H,22,27);5-8,13H,9-12H2,1-4H3;2-5,10,15H,6-9H2,1H3;4-5H,1-3H3,(H,8,9)/t16-;;;5-/m0..0/s1. The average Bonchev–Trinajstić information content (AvgIpc) is 3.56. The summed E-state index contributed by atoms with van der Waals surface area (Å²) in [5, 5.41) is 33.4. The number of alkyl halides is 1. The lowest BCUT2D eigenvalue weighted by atomic mass is 10.1. The highest BCUT2D eigenvalue weighted by Gasteiger charge is 2.29. The zero-order chi connectivity index (χ0) is 58.6. The van der Waals surface area contributed by atoms with Crippen LogP contribution in [0, 0.1) is 20.8 Å². The van der Waals surface area contributed by atoms with E-state index in [1.54, 1.807) is 30.4 Å². The van der Waals surface area contributed by atoms with Crippen LogP contribution in [0.15, 0.2) is 91.4 Å². The molecule has 434 valence electrons. The maximum absolute atomic E-state index is 12.2. The van der Waals surface area contributed by atoms with Crippen LogP contribution in [0.1, 0.15) is 79.0 Å². The Labute approximate surface area is 483 Å². The molecule has 3 aliphatic heterocycles. The number of piperazine rings is 3. The fraction of sp³-hybridized carbons (Fsp3) is 0.492. The Bertz CT molecular complexity index is 2900. The molecule has 3 fully saturated rings. The van der Waals surface area contributed by atoms with Crippen LogP contribution < -0.4 is 30.7 Å².